The normalized spacial score (nSPS) is 19.4. The molecule has 0 saturated carbocycles. The Morgan fingerprint density at radius 3 is 2.57 bits per heavy atom. The fraction of sp³-hybridized carbons (Fsp3) is 0.647. The summed E-state index contributed by atoms with van der Waals surface area (Å²) in [6, 6.07) is 9.53. The number of benzene rings is 1. The van der Waals surface area contributed by atoms with Crippen LogP contribution in [0.1, 0.15) is 20.3 Å². The third-order valence-electron chi connectivity index (χ3n) is 3.98. The standard InChI is InChI=1S/C17H29N3O/c1-14(2)20-10-9-16(13-20)18-15-5-7-17(8-6-15)21-12-11-19(3)4/h5-8,14,16,18H,9-13H2,1-4H3. The maximum Gasteiger partial charge on any atom is 0.119 e. The van der Waals surface area contributed by atoms with Crippen LogP contribution in [0, 0.1) is 0 Å². The lowest BCUT2D eigenvalue weighted by atomic mass is 10.2. The molecule has 1 aliphatic heterocycles. The summed E-state index contributed by atoms with van der Waals surface area (Å²) in [5.74, 6) is 0.942. The lowest BCUT2D eigenvalue weighted by Gasteiger charge is -2.21. The van der Waals surface area contributed by atoms with Gasteiger partial charge >= 0.3 is 0 Å². The van der Waals surface area contributed by atoms with Crippen molar-refractivity contribution in [3.63, 3.8) is 0 Å². The van der Waals surface area contributed by atoms with Gasteiger partial charge in [-0.15, -0.1) is 0 Å². The van der Waals surface area contributed by atoms with E-state index in [1.54, 1.807) is 0 Å². The smallest absolute Gasteiger partial charge is 0.119 e. The van der Waals surface area contributed by atoms with E-state index in [1.807, 2.05) is 12.1 Å². The number of rotatable bonds is 7. The minimum absolute atomic E-state index is 0.563. The summed E-state index contributed by atoms with van der Waals surface area (Å²) >= 11 is 0. The minimum Gasteiger partial charge on any atom is -0.492 e. The van der Waals surface area contributed by atoms with E-state index < -0.39 is 0 Å². The van der Waals surface area contributed by atoms with E-state index in [0.717, 1.165) is 25.4 Å². The molecule has 4 nitrogen and oxygen atoms in total. The molecule has 1 fully saturated rings. The van der Waals surface area contributed by atoms with Crippen molar-refractivity contribution in [2.75, 3.05) is 45.7 Å². The van der Waals surface area contributed by atoms with Crippen LogP contribution in [-0.2, 0) is 0 Å². The van der Waals surface area contributed by atoms with E-state index in [1.165, 1.54) is 18.7 Å². The molecule has 0 amide bonds. The molecule has 0 radical (unpaired) electrons. The molecule has 1 saturated heterocycles. The Hall–Kier alpha value is -1.26. The first-order valence-electron chi connectivity index (χ1n) is 7.93. The number of hydrogen-bond acceptors (Lipinski definition) is 4. The molecule has 0 aliphatic carbocycles. The van der Waals surface area contributed by atoms with Crippen LogP contribution in [0.25, 0.3) is 0 Å². The van der Waals surface area contributed by atoms with E-state index in [0.29, 0.717) is 12.1 Å². The van der Waals surface area contributed by atoms with Crippen LogP contribution in [0.3, 0.4) is 0 Å². The molecule has 0 bridgehead atoms. The van der Waals surface area contributed by atoms with Crippen molar-refractivity contribution in [3.05, 3.63) is 24.3 Å². The van der Waals surface area contributed by atoms with Gasteiger partial charge in [0.1, 0.15) is 12.4 Å². The van der Waals surface area contributed by atoms with Crippen molar-refractivity contribution in [2.24, 2.45) is 0 Å². The van der Waals surface area contributed by atoms with Gasteiger partial charge in [0.15, 0.2) is 0 Å². The Kier molecular flexibility index (Phi) is 5.88. The van der Waals surface area contributed by atoms with E-state index in [4.69, 9.17) is 4.74 Å². The zero-order valence-corrected chi connectivity index (χ0v) is 13.8. The molecular weight excluding hydrogens is 262 g/mol. The van der Waals surface area contributed by atoms with Crippen LogP contribution >= 0.6 is 0 Å². The number of nitrogens with zero attached hydrogens (tertiary/aromatic N) is 2. The van der Waals surface area contributed by atoms with Gasteiger partial charge in [0.25, 0.3) is 0 Å². The van der Waals surface area contributed by atoms with Crippen LogP contribution in [-0.4, -0.2) is 62.2 Å². The number of likely N-dealkylation sites (tertiary alicyclic amines) is 1. The third kappa shape index (κ3) is 5.21. The van der Waals surface area contributed by atoms with Crippen LogP contribution in [0.5, 0.6) is 5.75 Å². The van der Waals surface area contributed by atoms with Crippen LogP contribution in [0.2, 0.25) is 0 Å². The summed E-state index contributed by atoms with van der Waals surface area (Å²) < 4.78 is 5.71. The molecule has 0 aromatic heterocycles. The van der Waals surface area contributed by atoms with Crippen LogP contribution < -0.4 is 10.1 Å². The van der Waals surface area contributed by atoms with Crippen molar-refractivity contribution in [2.45, 2.75) is 32.4 Å². The van der Waals surface area contributed by atoms with E-state index >= 15 is 0 Å². The average molecular weight is 291 g/mol. The maximum absolute atomic E-state index is 5.71. The largest absolute Gasteiger partial charge is 0.492 e. The van der Waals surface area contributed by atoms with Crippen molar-refractivity contribution in [1.82, 2.24) is 9.80 Å². The van der Waals surface area contributed by atoms with Gasteiger partial charge in [0.05, 0.1) is 0 Å². The molecular formula is C17H29N3O. The van der Waals surface area contributed by atoms with Crippen molar-refractivity contribution in [3.8, 4) is 5.75 Å². The van der Waals surface area contributed by atoms with Gasteiger partial charge in [-0.3, -0.25) is 4.90 Å². The first-order valence-corrected chi connectivity index (χ1v) is 7.93. The molecule has 1 atom stereocenters. The number of likely N-dealkylation sites (N-methyl/N-ethyl adjacent to an activating group) is 1. The molecule has 1 unspecified atom stereocenters. The monoisotopic (exact) mass is 291 g/mol. The molecule has 21 heavy (non-hydrogen) atoms. The molecule has 1 N–H and O–H groups in total. The minimum atomic E-state index is 0.563. The Balaban J connectivity index is 1.77. The molecule has 4 heteroatoms. The molecule has 2 rings (SSSR count). The predicted molar refractivity (Wildman–Crippen MR) is 89.2 cm³/mol. The fourth-order valence-electron chi connectivity index (χ4n) is 2.60. The summed E-state index contributed by atoms with van der Waals surface area (Å²) in [6.45, 7) is 8.53. The zero-order valence-electron chi connectivity index (χ0n) is 13.8. The number of anilines is 1. The molecule has 1 heterocycles. The van der Waals surface area contributed by atoms with Crippen molar-refractivity contribution in [1.29, 1.82) is 0 Å². The zero-order chi connectivity index (χ0) is 15.2. The van der Waals surface area contributed by atoms with Gasteiger partial charge < -0.3 is 15.0 Å². The molecule has 0 spiro atoms. The fourth-order valence-corrected chi connectivity index (χ4v) is 2.60. The Morgan fingerprint density at radius 1 is 1.29 bits per heavy atom. The Bertz CT molecular complexity index is 417. The first kappa shape index (κ1) is 16.1. The lowest BCUT2D eigenvalue weighted by molar-refractivity contribution is 0.261. The van der Waals surface area contributed by atoms with Gasteiger partial charge in [0, 0.05) is 37.4 Å². The average Bonchev–Trinajstić information content (AvgIpc) is 2.89. The summed E-state index contributed by atoms with van der Waals surface area (Å²) in [6.07, 6.45) is 1.22. The van der Waals surface area contributed by atoms with Gasteiger partial charge in [-0.05, 0) is 58.6 Å². The van der Waals surface area contributed by atoms with E-state index in [-0.39, 0.29) is 0 Å². The van der Waals surface area contributed by atoms with Gasteiger partial charge in [-0.25, -0.2) is 0 Å². The van der Waals surface area contributed by atoms with E-state index in [9.17, 15) is 0 Å². The van der Waals surface area contributed by atoms with Crippen molar-refractivity contribution >= 4 is 5.69 Å². The lowest BCUT2D eigenvalue weighted by Crippen LogP contribution is -2.31. The van der Waals surface area contributed by atoms with Crippen LogP contribution in [0.15, 0.2) is 24.3 Å². The highest BCUT2D eigenvalue weighted by Crippen LogP contribution is 2.20. The quantitative estimate of drug-likeness (QED) is 0.835. The highest BCUT2D eigenvalue weighted by Gasteiger charge is 2.23. The summed E-state index contributed by atoms with van der Waals surface area (Å²) in [5, 5.41) is 3.62. The molecule has 1 aliphatic rings. The summed E-state index contributed by atoms with van der Waals surface area (Å²) in [7, 11) is 4.11. The number of hydrogen-bond donors (Lipinski definition) is 1. The van der Waals surface area contributed by atoms with Crippen LogP contribution in [0.4, 0.5) is 5.69 Å². The Morgan fingerprint density at radius 2 is 2.00 bits per heavy atom. The van der Waals surface area contributed by atoms with Gasteiger partial charge in [0.2, 0.25) is 0 Å². The van der Waals surface area contributed by atoms with Gasteiger partial charge in [-0.1, -0.05) is 0 Å². The number of ether oxygens (including phenoxy) is 1. The molecule has 1 aromatic carbocycles. The maximum atomic E-state index is 5.71. The van der Waals surface area contributed by atoms with E-state index in [2.05, 4.69) is 55.2 Å². The molecule has 118 valence electrons. The third-order valence-corrected chi connectivity index (χ3v) is 3.98. The number of nitrogens with one attached hydrogen (secondary N) is 1. The second kappa shape index (κ2) is 7.66. The highest BCUT2D eigenvalue weighted by atomic mass is 16.5. The summed E-state index contributed by atoms with van der Waals surface area (Å²) in [5.41, 5.74) is 1.19. The second-order valence-electron chi connectivity index (χ2n) is 6.39. The highest BCUT2D eigenvalue weighted by molar-refractivity contribution is 5.47. The topological polar surface area (TPSA) is 27.7 Å². The second-order valence-corrected chi connectivity index (χ2v) is 6.39. The van der Waals surface area contributed by atoms with Crippen molar-refractivity contribution < 1.29 is 4.74 Å². The predicted octanol–water partition coefficient (Wildman–Crippen LogP) is 2.52. The SMILES string of the molecule is CC(C)N1CCC(Nc2ccc(OCCN(C)C)cc2)C1. The van der Waals surface area contributed by atoms with Gasteiger partial charge in [-0.2, -0.15) is 0 Å². The Labute approximate surface area is 129 Å². The molecule has 1 aromatic rings. The summed E-state index contributed by atoms with van der Waals surface area (Å²) in [4.78, 5) is 4.65. The first-order chi connectivity index (χ1) is 10.0.